The zero-order valence-electron chi connectivity index (χ0n) is 22.9. The quantitative estimate of drug-likeness (QED) is 0.371. The highest BCUT2D eigenvalue weighted by atomic mass is 16.4. The lowest BCUT2D eigenvalue weighted by Crippen LogP contribution is -2.33. The van der Waals surface area contributed by atoms with E-state index in [0.717, 1.165) is 37.9 Å². The minimum Gasteiger partial charge on any atom is -0.481 e. The number of carbonyl (C=O) groups is 1. The van der Waals surface area contributed by atoms with E-state index in [1.807, 2.05) is 0 Å². The van der Waals surface area contributed by atoms with Crippen LogP contribution in [0.2, 0.25) is 0 Å². The molecule has 0 spiro atoms. The fourth-order valence-electron chi connectivity index (χ4n) is 6.27. The summed E-state index contributed by atoms with van der Waals surface area (Å²) < 4.78 is 0. The zero-order valence-corrected chi connectivity index (χ0v) is 22.9. The van der Waals surface area contributed by atoms with Crippen LogP contribution in [0.4, 0.5) is 0 Å². The molecule has 0 bridgehead atoms. The van der Waals surface area contributed by atoms with Crippen molar-refractivity contribution in [3.8, 4) is 11.3 Å². The number of aliphatic carboxylic acids is 1. The molecule has 4 rings (SSSR count). The van der Waals surface area contributed by atoms with Crippen LogP contribution < -0.4 is 5.32 Å². The third kappa shape index (κ3) is 6.56. The van der Waals surface area contributed by atoms with Crippen molar-refractivity contribution >= 4 is 5.97 Å². The molecule has 36 heavy (non-hydrogen) atoms. The number of pyridine rings is 1. The van der Waals surface area contributed by atoms with Crippen LogP contribution in [0, 0.1) is 0 Å². The van der Waals surface area contributed by atoms with Crippen molar-refractivity contribution in [1.82, 2.24) is 10.3 Å². The van der Waals surface area contributed by atoms with Gasteiger partial charge in [0.15, 0.2) is 0 Å². The number of nitrogens with one attached hydrogen (secondary N) is 1. The van der Waals surface area contributed by atoms with Crippen molar-refractivity contribution in [3.63, 3.8) is 0 Å². The van der Waals surface area contributed by atoms with Gasteiger partial charge in [0.05, 0.1) is 5.69 Å². The van der Waals surface area contributed by atoms with E-state index < -0.39 is 5.97 Å². The molecule has 1 aromatic carbocycles. The first-order chi connectivity index (χ1) is 17.2. The number of rotatable bonds is 8. The molecule has 1 heterocycles. The van der Waals surface area contributed by atoms with E-state index in [2.05, 4.69) is 69.4 Å². The van der Waals surface area contributed by atoms with Crippen LogP contribution in [-0.2, 0) is 15.6 Å². The van der Waals surface area contributed by atoms with Gasteiger partial charge in [0.2, 0.25) is 0 Å². The lowest BCUT2D eigenvalue weighted by atomic mass is 9.63. The van der Waals surface area contributed by atoms with Crippen LogP contribution >= 0.6 is 0 Å². The minimum absolute atomic E-state index is 0.202. The molecule has 2 aliphatic rings. The minimum atomic E-state index is -0.693. The molecule has 1 aromatic heterocycles. The van der Waals surface area contributed by atoms with Crippen LogP contribution in [0.15, 0.2) is 36.4 Å². The van der Waals surface area contributed by atoms with E-state index in [-0.39, 0.29) is 17.3 Å². The third-order valence-electron chi connectivity index (χ3n) is 8.81. The first-order valence-corrected chi connectivity index (χ1v) is 14.2. The lowest BCUT2D eigenvalue weighted by molar-refractivity contribution is -0.137. The van der Waals surface area contributed by atoms with Gasteiger partial charge >= 0.3 is 5.97 Å². The average Bonchev–Trinajstić information content (AvgIpc) is 2.83. The average molecular weight is 491 g/mol. The Bertz CT molecular complexity index is 1040. The smallest absolute Gasteiger partial charge is 0.303 e. The molecule has 2 aromatic rings. The molecule has 0 aliphatic heterocycles. The molecule has 1 saturated carbocycles. The van der Waals surface area contributed by atoms with Gasteiger partial charge in [-0.3, -0.25) is 9.78 Å². The summed E-state index contributed by atoms with van der Waals surface area (Å²) in [6.07, 6.45) is 11.7. The van der Waals surface area contributed by atoms with Crippen molar-refractivity contribution in [2.45, 2.75) is 121 Å². The topological polar surface area (TPSA) is 62.2 Å². The fourth-order valence-corrected chi connectivity index (χ4v) is 6.27. The Morgan fingerprint density at radius 2 is 1.69 bits per heavy atom. The van der Waals surface area contributed by atoms with Gasteiger partial charge in [-0.15, -0.1) is 0 Å². The summed E-state index contributed by atoms with van der Waals surface area (Å²) in [4.78, 5) is 15.9. The van der Waals surface area contributed by atoms with E-state index in [1.165, 1.54) is 60.9 Å². The third-order valence-corrected chi connectivity index (χ3v) is 8.81. The standard InChI is InChI=1S/C32H46N2O2/c1-31(2)19-20-32(3,4)27-22-24(16-18-26(27)31)29-13-9-12-28(34-29)23-10-5-6-11-25(17-15-23)33-21-8-7-14-30(35)36/h9,12-13,16,18,22-23,25,33H,5-8,10-11,14-15,17,19-21H2,1-4H3,(H,35,36). The Labute approximate surface area is 218 Å². The maximum absolute atomic E-state index is 10.7. The fraction of sp³-hybridized carbons (Fsp3) is 0.625. The Hall–Kier alpha value is -2.20. The molecule has 1 fully saturated rings. The van der Waals surface area contributed by atoms with Crippen molar-refractivity contribution in [1.29, 1.82) is 0 Å². The van der Waals surface area contributed by atoms with Gasteiger partial charge in [0.25, 0.3) is 0 Å². The maximum Gasteiger partial charge on any atom is 0.303 e. The number of hydrogen-bond donors (Lipinski definition) is 2. The van der Waals surface area contributed by atoms with Gasteiger partial charge < -0.3 is 10.4 Å². The molecule has 2 atom stereocenters. The van der Waals surface area contributed by atoms with Gasteiger partial charge in [-0.05, 0) is 98.1 Å². The van der Waals surface area contributed by atoms with Crippen molar-refractivity contribution in [2.75, 3.05) is 6.54 Å². The molecule has 0 saturated heterocycles. The predicted molar refractivity (Wildman–Crippen MR) is 149 cm³/mol. The Morgan fingerprint density at radius 1 is 0.944 bits per heavy atom. The molecule has 2 unspecified atom stereocenters. The molecule has 196 valence electrons. The number of benzene rings is 1. The van der Waals surface area contributed by atoms with Crippen LogP contribution in [-0.4, -0.2) is 28.6 Å². The molecule has 4 heteroatoms. The van der Waals surface area contributed by atoms with E-state index >= 15 is 0 Å². The van der Waals surface area contributed by atoms with E-state index in [0.29, 0.717) is 12.0 Å². The maximum atomic E-state index is 10.7. The summed E-state index contributed by atoms with van der Waals surface area (Å²) in [5.41, 5.74) is 7.02. The summed E-state index contributed by atoms with van der Waals surface area (Å²) in [7, 11) is 0. The second-order valence-corrected chi connectivity index (χ2v) is 12.5. The number of aromatic nitrogens is 1. The van der Waals surface area contributed by atoms with Crippen molar-refractivity contribution < 1.29 is 9.90 Å². The number of carboxylic acids is 1. The zero-order chi connectivity index (χ0) is 25.8. The number of hydrogen-bond acceptors (Lipinski definition) is 3. The monoisotopic (exact) mass is 490 g/mol. The van der Waals surface area contributed by atoms with Crippen molar-refractivity contribution in [3.05, 3.63) is 53.2 Å². The van der Waals surface area contributed by atoms with E-state index in [1.54, 1.807) is 0 Å². The highest BCUT2D eigenvalue weighted by Gasteiger charge is 2.37. The molecular formula is C32H46N2O2. The largest absolute Gasteiger partial charge is 0.481 e. The van der Waals surface area contributed by atoms with Crippen LogP contribution in [0.5, 0.6) is 0 Å². The van der Waals surface area contributed by atoms with Gasteiger partial charge in [-0.2, -0.15) is 0 Å². The first-order valence-electron chi connectivity index (χ1n) is 14.2. The predicted octanol–water partition coefficient (Wildman–Crippen LogP) is 7.75. The highest BCUT2D eigenvalue weighted by Crippen LogP contribution is 2.46. The summed E-state index contributed by atoms with van der Waals surface area (Å²) >= 11 is 0. The van der Waals surface area contributed by atoms with Gasteiger partial charge in [-0.25, -0.2) is 0 Å². The van der Waals surface area contributed by atoms with Crippen LogP contribution in [0.25, 0.3) is 11.3 Å². The van der Waals surface area contributed by atoms with Crippen LogP contribution in [0.3, 0.4) is 0 Å². The molecule has 0 amide bonds. The van der Waals surface area contributed by atoms with Crippen molar-refractivity contribution in [2.24, 2.45) is 0 Å². The summed E-state index contributed by atoms with van der Waals surface area (Å²) in [5.74, 6) is -0.184. The number of carboxylic acid groups (broad SMARTS) is 1. The van der Waals surface area contributed by atoms with Gasteiger partial charge in [0, 0.05) is 29.6 Å². The Balaban J connectivity index is 1.45. The number of unbranched alkanes of at least 4 members (excludes halogenated alkanes) is 1. The summed E-state index contributed by atoms with van der Waals surface area (Å²) in [6, 6.07) is 14.2. The van der Waals surface area contributed by atoms with Gasteiger partial charge in [-0.1, -0.05) is 58.7 Å². The van der Waals surface area contributed by atoms with Crippen LogP contribution in [0.1, 0.15) is 121 Å². The second kappa shape index (κ2) is 11.5. The number of fused-ring (bicyclic) bond motifs is 1. The first kappa shape index (κ1) is 26.9. The van der Waals surface area contributed by atoms with E-state index in [4.69, 9.17) is 10.1 Å². The number of nitrogens with zero attached hydrogens (tertiary/aromatic N) is 1. The molecule has 0 radical (unpaired) electrons. The Morgan fingerprint density at radius 3 is 2.47 bits per heavy atom. The molecular weight excluding hydrogens is 444 g/mol. The molecule has 4 nitrogen and oxygen atoms in total. The normalized spacial score (nSPS) is 23.3. The highest BCUT2D eigenvalue weighted by molar-refractivity contribution is 5.66. The van der Waals surface area contributed by atoms with E-state index in [9.17, 15) is 4.79 Å². The molecule has 2 aliphatic carbocycles. The Kier molecular flexibility index (Phi) is 8.55. The summed E-state index contributed by atoms with van der Waals surface area (Å²) in [6.45, 7) is 10.5. The molecule has 2 N–H and O–H groups in total. The summed E-state index contributed by atoms with van der Waals surface area (Å²) in [5, 5.41) is 12.5. The lowest BCUT2D eigenvalue weighted by Gasteiger charge is -2.42. The SMILES string of the molecule is CC1(C)CCC(C)(C)c2cc(-c3cccc(C4CCCCC(NCCCCC(=O)O)CC4)n3)ccc21. The van der Waals surface area contributed by atoms with Gasteiger partial charge in [0.1, 0.15) is 0 Å². The second-order valence-electron chi connectivity index (χ2n) is 12.5.